The van der Waals surface area contributed by atoms with Crippen molar-refractivity contribution in [2.45, 2.75) is 0 Å². The number of phenolic OH excluding ortho intramolecular Hbond substituents is 1. The Labute approximate surface area is 77.1 Å². The molecule has 0 amide bonds. The summed E-state index contributed by atoms with van der Waals surface area (Å²) in [6, 6.07) is 3.46. The Kier molecular flexibility index (Phi) is 2.47. The molecule has 0 aliphatic rings. The predicted octanol–water partition coefficient (Wildman–Crippen LogP) is 0.904. The molecule has 0 aromatic heterocycles. The Hall–Kier alpha value is -2.38. The van der Waals surface area contributed by atoms with E-state index in [2.05, 4.69) is 0 Å². The number of nitrogens with zero attached hydrogens (tertiary/aromatic N) is 2. The summed E-state index contributed by atoms with van der Waals surface area (Å²) >= 11 is 0. The number of phenols is 1. The van der Waals surface area contributed by atoms with Gasteiger partial charge in [-0.1, -0.05) is 6.07 Å². The molecule has 0 saturated carbocycles. The fourth-order valence-corrected chi connectivity index (χ4v) is 0.912. The number of rotatable bonds is 3. The van der Waals surface area contributed by atoms with Crippen molar-refractivity contribution < 1.29 is 15.1 Å². The van der Waals surface area contributed by atoms with Crippen LogP contribution in [0.5, 0.6) is 5.75 Å². The number of anilines is 1. The number of hydrogen-bond donors (Lipinski definition) is 2. The number of hydrogen-bond acceptors (Lipinski definition) is 5. The van der Waals surface area contributed by atoms with E-state index in [0.717, 1.165) is 12.1 Å². The average molecular weight is 199 g/mol. The zero-order valence-corrected chi connectivity index (χ0v) is 6.71. The smallest absolute Gasteiger partial charge is 0.339 e. The molecule has 8 nitrogen and oxygen atoms in total. The number of nitro benzene ring substituents is 1. The van der Waals surface area contributed by atoms with Crippen molar-refractivity contribution >= 4 is 11.4 Å². The zero-order chi connectivity index (χ0) is 10.7. The lowest BCUT2D eigenvalue weighted by Gasteiger charge is -2.00. The lowest BCUT2D eigenvalue weighted by atomic mass is 10.2. The SMILES string of the molecule is O=[N+]([O-])Nc1cccc(O)c1[N+](=O)[O-]. The quantitative estimate of drug-likeness (QED) is 0.551. The minimum absolute atomic E-state index is 0.361. The second-order valence-electron chi connectivity index (χ2n) is 2.30. The van der Waals surface area contributed by atoms with Crippen LogP contribution in [0.3, 0.4) is 0 Å². The van der Waals surface area contributed by atoms with Gasteiger partial charge in [-0.2, -0.15) is 0 Å². The third-order valence-electron chi connectivity index (χ3n) is 1.41. The van der Waals surface area contributed by atoms with E-state index in [0.29, 0.717) is 0 Å². The van der Waals surface area contributed by atoms with Gasteiger partial charge in [-0.15, -0.1) is 5.43 Å². The Balaban J connectivity index is 3.21. The predicted molar refractivity (Wildman–Crippen MR) is 45.4 cm³/mol. The molecule has 8 heteroatoms. The monoisotopic (exact) mass is 199 g/mol. The van der Waals surface area contributed by atoms with E-state index in [1.165, 1.54) is 6.07 Å². The zero-order valence-electron chi connectivity index (χ0n) is 6.71. The van der Waals surface area contributed by atoms with Crippen molar-refractivity contribution in [3.63, 3.8) is 0 Å². The molecule has 0 saturated heterocycles. The Bertz CT molecular complexity index is 391. The highest BCUT2D eigenvalue weighted by molar-refractivity contribution is 5.66. The highest BCUT2D eigenvalue weighted by atomic mass is 16.7. The lowest BCUT2D eigenvalue weighted by molar-refractivity contribution is -0.447. The first kappa shape index (κ1) is 9.71. The summed E-state index contributed by atoms with van der Waals surface area (Å²) in [5.74, 6) is -0.623. The Morgan fingerprint density at radius 1 is 1.29 bits per heavy atom. The van der Waals surface area contributed by atoms with Crippen LogP contribution in [0.15, 0.2) is 18.2 Å². The summed E-state index contributed by atoms with van der Waals surface area (Å²) < 4.78 is 0. The average Bonchev–Trinajstić information content (AvgIpc) is 2.01. The van der Waals surface area contributed by atoms with Gasteiger partial charge in [-0.05, 0) is 12.1 Å². The van der Waals surface area contributed by atoms with Crippen LogP contribution < -0.4 is 5.43 Å². The van der Waals surface area contributed by atoms with Gasteiger partial charge in [0.25, 0.3) is 0 Å². The van der Waals surface area contributed by atoms with E-state index >= 15 is 0 Å². The number of nitro groups is 2. The molecule has 1 rings (SSSR count). The first-order valence-electron chi connectivity index (χ1n) is 3.40. The van der Waals surface area contributed by atoms with Crippen LogP contribution in [0.4, 0.5) is 11.4 Å². The molecule has 0 heterocycles. The van der Waals surface area contributed by atoms with Crippen LogP contribution >= 0.6 is 0 Å². The summed E-state index contributed by atoms with van der Waals surface area (Å²) in [7, 11) is 0. The summed E-state index contributed by atoms with van der Waals surface area (Å²) in [6.07, 6.45) is 0. The maximum atomic E-state index is 10.4. The second kappa shape index (κ2) is 3.56. The van der Waals surface area contributed by atoms with Crippen molar-refractivity contribution in [1.82, 2.24) is 0 Å². The first-order chi connectivity index (χ1) is 6.52. The number of para-hydroxylation sites is 1. The van der Waals surface area contributed by atoms with Crippen LogP contribution in [-0.4, -0.2) is 15.1 Å². The van der Waals surface area contributed by atoms with E-state index in [-0.39, 0.29) is 5.69 Å². The topological polar surface area (TPSA) is 119 Å². The molecule has 0 aliphatic carbocycles. The molecule has 0 aliphatic heterocycles. The highest BCUT2D eigenvalue weighted by Crippen LogP contribution is 2.33. The van der Waals surface area contributed by atoms with Crippen molar-refractivity contribution in [2.75, 3.05) is 5.43 Å². The van der Waals surface area contributed by atoms with Crippen LogP contribution in [-0.2, 0) is 0 Å². The van der Waals surface area contributed by atoms with E-state index in [9.17, 15) is 20.2 Å². The minimum atomic E-state index is -0.943. The first-order valence-corrected chi connectivity index (χ1v) is 3.40. The molecular weight excluding hydrogens is 194 g/mol. The molecule has 2 N–H and O–H groups in total. The number of aromatic hydroxyl groups is 1. The molecule has 14 heavy (non-hydrogen) atoms. The third-order valence-corrected chi connectivity index (χ3v) is 1.41. The van der Waals surface area contributed by atoms with Crippen molar-refractivity contribution in [3.05, 3.63) is 38.4 Å². The molecule has 0 atom stereocenters. The molecule has 0 radical (unpaired) electrons. The molecule has 1 aromatic carbocycles. The van der Waals surface area contributed by atoms with Gasteiger partial charge in [0.15, 0.2) is 16.5 Å². The summed E-state index contributed by atoms with van der Waals surface area (Å²) in [6.45, 7) is 0. The molecule has 0 bridgehead atoms. The standard InChI is InChI=1S/C6H5N3O5/c10-5-3-1-2-4(7-9(13)14)6(5)8(11)12/h1-3,7,10H. The molecule has 0 unspecified atom stereocenters. The van der Waals surface area contributed by atoms with Gasteiger partial charge in [0, 0.05) is 0 Å². The normalized spacial score (nSPS) is 9.43. The molecule has 74 valence electrons. The molecule has 0 spiro atoms. The number of hydrazine groups is 1. The third kappa shape index (κ3) is 1.86. The Morgan fingerprint density at radius 3 is 2.43 bits per heavy atom. The van der Waals surface area contributed by atoms with E-state index in [1.807, 2.05) is 0 Å². The molecule has 1 aromatic rings. The summed E-state index contributed by atoms with van der Waals surface area (Å²) in [5.41, 5.74) is 0.537. The molecular formula is C6H5N3O5. The Morgan fingerprint density at radius 2 is 1.93 bits per heavy atom. The fourth-order valence-electron chi connectivity index (χ4n) is 0.912. The van der Waals surface area contributed by atoms with Gasteiger partial charge in [-0.25, -0.2) is 10.1 Å². The maximum absolute atomic E-state index is 10.4. The number of benzene rings is 1. The van der Waals surface area contributed by atoms with Crippen molar-refractivity contribution in [2.24, 2.45) is 0 Å². The van der Waals surface area contributed by atoms with Gasteiger partial charge >= 0.3 is 5.69 Å². The van der Waals surface area contributed by atoms with Crippen LogP contribution in [0.1, 0.15) is 0 Å². The van der Waals surface area contributed by atoms with Gasteiger partial charge in [0.05, 0.1) is 4.92 Å². The van der Waals surface area contributed by atoms with Gasteiger partial charge < -0.3 is 5.11 Å². The van der Waals surface area contributed by atoms with Crippen LogP contribution in [0.25, 0.3) is 0 Å². The van der Waals surface area contributed by atoms with Gasteiger partial charge in [0.2, 0.25) is 0 Å². The van der Waals surface area contributed by atoms with Crippen LogP contribution in [0, 0.1) is 20.2 Å². The van der Waals surface area contributed by atoms with Gasteiger partial charge in [0.1, 0.15) is 0 Å². The van der Waals surface area contributed by atoms with Gasteiger partial charge in [-0.3, -0.25) is 10.1 Å². The fraction of sp³-hybridized carbons (Fsp3) is 0. The minimum Gasteiger partial charge on any atom is -0.502 e. The van der Waals surface area contributed by atoms with E-state index in [4.69, 9.17) is 5.11 Å². The van der Waals surface area contributed by atoms with E-state index < -0.39 is 21.4 Å². The lowest BCUT2D eigenvalue weighted by Crippen LogP contribution is -2.09. The van der Waals surface area contributed by atoms with Crippen molar-refractivity contribution in [3.8, 4) is 5.75 Å². The molecule has 0 fully saturated rings. The van der Waals surface area contributed by atoms with Crippen LogP contribution in [0.2, 0.25) is 0 Å². The van der Waals surface area contributed by atoms with E-state index in [1.54, 1.807) is 5.43 Å². The number of nitrogens with one attached hydrogen (secondary N) is 1. The second-order valence-corrected chi connectivity index (χ2v) is 2.30. The highest BCUT2D eigenvalue weighted by Gasteiger charge is 2.21. The summed E-state index contributed by atoms with van der Waals surface area (Å²) in [5, 5.41) is 28.6. The largest absolute Gasteiger partial charge is 0.502 e. The van der Waals surface area contributed by atoms with Crippen molar-refractivity contribution in [1.29, 1.82) is 0 Å². The maximum Gasteiger partial charge on any atom is 0.339 e. The summed E-state index contributed by atoms with van der Waals surface area (Å²) in [4.78, 5) is 19.6.